The molecule has 0 aliphatic heterocycles. The number of aryl methyl sites for hydroxylation is 2. The van der Waals surface area contributed by atoms with Gasteiger partial charge in [0.25, 0.3) is 0 Å². The zero-order valence-corrected chi connectivity index (χ0v) is 14.8. The fourth-order valence-corrected chi connectivity index (χ4v) is 2.54. The number of aromatic nitrogens is 3. The maximum Gasteiger partial charge on any atom is 0.233 e. The van der Waals surface area contributed by atoms with Gasteiger partial charge in [-0.2, -0.15) is 15.0 Å². The molecule has 0 aliphatic rings. The van der Waals surface area contributed by atoms with Gasteiger partial charge in [0, 0.05) is 17.1 Å². The molecule has 0 bridgehead atoms. The van der Waals surface area contributed by atoms with Gasteiger partial charge in [-0.25, -0.2) is 0 Å². The summed E-state index contributed by atoms with van der Waals surface area (Å²) in [6.45, 7) is 4.04. The molecule has 1 aromatic heterocycles. The Kier molecular flexibility index (Phi) is 5.00. The molecule has 7 heteroatoms. The molecule has 1 heterocycles. The van der Waals surface area contributed by atoms with Crippen molar-refractivity contribution in [2.45, 2.75) is 20.3 Å². The molecule has 2 aromatic carbocycles. The Labute approximate surface area is 151 Å². The SMILES string of the molecule is CCc1ccccc1Nc1nc(Cl)nc(Nc2ccc(C)c(N)c2)n1. The number of rotatable bonds is 5. The lowest BCUT2D eigenvalue weighted by Crippen LogP contribution is -2.05. The Bertz CT molecular complexity index is 896. The number of nitrogen functional groups attached to an aromatic ring is 1. The van der Waals surface area contributed by atoms with E-state index >= 15 is 0 Å². The van der Waals surface area contributed by atoms with Gasteiger partial charge in [0.1, 0.15) is 0 Å². The normalized spacial score (nSPS) is 10.5. The average molecular weight is 355 g/mol. The Morgan fingerprint density at radius 1 is 1.00 bits per heavy atom. The molecule has 4 N–H and O–H groups in total. The highest BCUT2D eigenvalue weighted by atomic mass is 35.5. The number of nitrogens with one attached hydrogen (secondary N) is 2. The van der Waals surface area contributed by atoms with E-state index in [0.29, 0.717) is 17.6 Å². The first-order chi connectivity index (χ1) is 12.0. The highest BCUT2D eigenvalue weighted by Crippen LogP contribution is 2.23. The van der Waals surface area contributed by atoms with E-state index in [1.807, 2.05) is 43.3 Å². The largest absolute Gasteiger partial charge is 0.398 e. The molecule has 0 aliphatic carbocycles. The van der Waals surface area contributed by atoms with E-state index in [9.17, 15) is 0 Å². The third-order valence-corrected chi connectivity index (χ3v) is 3.96. The van der Waals surface area contributed by atoms with Crippen molar-refractivity contribution < 1.29 is 0 Å². The van der Waals surface area contributed by atoms with Crippen LogP contribution in [0, 0.1) is 6.92 Å². The van der Waals surface area contributed by atoms with E-state index < -0.39 is 0 Å². The average Bonchev–Trinajstić information content (AvgIpc) is 2.58. The van der Waals surface area contributed by atoms with Crippen LogP contribution in [-0.4, -0.2) is 15.0 Å². The standard InChI is InChI=1S/C18H19ClN6/c1-3-12-6-4-5-7-15(12)22-18-24-16(19)23-17(25-18)21-13-9-8-11(2)14(20)10-13/h4-10H,3,20H2,1-2H3,(H2,21,22,23,24,25). The molecule has 0 saturated carbocycles. The van der Waals surface area contributed by atoms with E-state index in [4.69, 9.17) is 17.3 Å². The Hall–Kier alpha value is -2.86. The fourth-order valence-electron chi connectivity index (χ4n) is 2.38. The lowest BCUT2D eigenvalue weighted by molar-refractivity contribution is 1.05. The van der Waals surface area contributed by atoms with Gasteiger partial charge < -0.3 is 16.4 Å². The molecular weight excluding hydrogens is 336 g/mol. The van der Waals surface area contributed by atoms with E-state index in [2.05, 4.69) is 38.6 Å². The molecule has 3 aromatic rings. The van der Waals surface area contributed by atoms with Crippen molar-refractivity contribution in [2.75, 3.05) is 16.4 Å². The number of benzene rings is 2. The molecule has 0 amide bonds. The van der Waals surface area contributed by atoms with Crippen LogP contribution in [0.2, 0.25) is 5.28 Å². The molecule has 6 nitrogen and oxygen atoms in total. The predicted molar refractivity (Wildman–Crippen MR) is 103 cm³/mol. The van der Waals surface area contributed by atoms with Crippen LogP contribution in [0.4, 0.5) is 29.0 Å². The number of nitrogens with two attached hydrogens (primary N) is 1. The van der Waals surface area contributed by atoms with Crippen LogP contribution in [0.15, 0.2) is 42.5 Å². The van der Waals surface area contributed by atoms with Gasteiger partial charge in [0.05, 0.1) is 0 Å². The van der Waals surface area contributed by atoms with Crippen molar-refractivity contribution in [2.24, 2.45) is 0 Å². The highest BCUT2D eigenvalue weighted by Gasteiger charge is 2.08. The zero-order chi connectivity index (χ0) is 17.8. The van der Waals surface area contributed by atoms with E-state index in [1.165, 1.54) is 5.56 Å². The van der Waals surface area contributed by atoms with E-state index in [1.54, 1.807) is 0 Å². The minimum absolute atomic E-state index is 0.106. The fraction of sp³-hybridized carbons (Fsp3) is 0.167. The summed E-state index contributed by atoms with van der Waals surface area (Å²) in [4.78, 5) is 12.6. The first-order valence-electron chi connectivity index (χ1n) is 7.95. The summed E-state index contributed by atoms with van der Waals surface area (Å²) in [6.07, 6.45) is 0.899. The number of nitrogens with zero attached hydrogens (tertiary/aromatic N) is 3. The first kappa shape index (κ1) is 17.0. The van der Waals surface area contributed by atoms with Gasteiger partial charge in [-0.15, -0.1) is 0 Å². The molecule has 25 heavy (non-hydrogen) atoms. The number of hydrogen-bond acceptors (Lipinski definition) is 6. The van der Waals surface area contributed by atoms with Crippen LogP contribution in [0.5, 0.6) is 0 Å². The Morgan fingerprint density at radius 2 is 1.72 bits per heavy atom. The van der Waals surface area contributed by atoms with E-state index in [0.717, 1.165) is 23.4 Å². The summed E-state index contributed by atoms with van der Waals surface area (Å²) < 4.78 is 0. The second kappa shape index (κ2) is 7.36. The number of hydrogen-bond donors (Lipinski definition) is 3. The van der Waals surface area contributed by atoms with Gasteiger partial charge >= 0.3 is 0 Å². The molecule has 0 saturated heterocycles. The van der Waals surface area contributed by atoms with Crippen molar-refractivity contribution in [1.29, 1.82) is 0 Å². The van der Waals surface area contributed by atoms with Gasteiger partial charge in [-0.1, -0.05) is 31.2 Å². The lowest BCUT2D eigenvalue weighted by Gasteiger charge is -2.11. The smallest absolute Gasteiger partial charge is 0.233 e. The Morgan fingerprint density at radius 3 is 2.44 bits per heavy atom. The summed E-state index contributed by atoms with van der Waals surface area (Å²) in [7, 11) is 0. The molecule has 0 atom stereocenters. The molecule has 128 valence electrons. The molecule has 0 unspecified atom stereocenters. The summed E-state index contributed by atoms with van der Waals surface area (Å²) in [5, 5.41) is 6.41. The van der Waals surface area contributed by atoms with E-state index in [-0.39, 0.29) is 5.28 Å². The quantitative estimate of drug-likeness (QED) is 0.586. The minimum Gasteiger partial charge on any atom is -0.398 e. The lowest BCUT2D eigenvalue weighted by atomic mass is 10.1. The summed E-state index contributed by atoms with van der Waals surface area (Å²) in [6, 6.07) is 13.6. The summed E-state index contributed by atoms with van der Waals surface area (Å²) in [5.41, 5.74) is 10.5. The van der Waals surface area contributed by atoms with Crippen LogP contribution >= 0.6 is 11.6 Å². The zero-order valence-electron chi connectivity index (χ0n) is 14.0. The molecule has 0 fully saturated rings. The van der Waals surface area contributed by atoms with Crippen molar-refractivity contribution in [3.63, 3.8) is 0 Å². The highest BCUT2D eigenvalue weighted by molar-refractivity contribution is 6.28. The van der Waals surface area contributed by atoms with Crippen molar-refractivity contribution >= 4 is 40.6 Å². The van der Waals surface area contributed by atoms with Crippen LogP contribution in [0.3, 0.4) is 0 Å². The van der Waals surface area contributed by atoms with Crippen molar-refractivity contribution in [1.82, 2.24) is 15.0 Å². The third-order valence-electron chi connectivity index (χ3n) is 3.79. The van der Waals surface area contributed by atoms with Crippen LogP contribution in [-0.2, 0) is 6.42 Å². The minimum atomic E-state index is 0.106. The topological polar surface area (TPSA) is 88.8 Å². The molecular formula is C18H19ClN6. The van der Waals surface area contributed by atoms with Crippen LogP contribution < -0.4 is 16.4 Å². The van der Waals surface area contributed by atoms with Gasteiger partial charge in [0.15, 0.2) is 0 Å². The number of anilines is 5. The predicted octanol–water partition coefficient (Wildman–Crippen LogP) is 4.47. The molecule has 3 rings (SSSR count). The first-order valence-corrected chi connectivity index (χ1v) is 8.32. The number of halogens is 1. The van der Waals surface area contributed by atoms with Crippen LogP contribution in [0.1, 0.15) is 18.1 Å². The van der Waals surface area contributed by atoms with Crippen molar-refractivity contribution in [3.8, 4) is 0 Å². The molecule has 0 spiro atoms. The maximum absolute atomic E-state index is 6.05. The van der Waals surface area contributed by atoms with Crippen molar-refractivity contribution in [3.05, 3.63) is 58.9 Å². The summed E-state index contributed by atoms with van der Waals surface area (Å²) in [5.74, 6) is 0.725. The number of para-hydroxylation sites is 1. The second-order valence-corrected chi connectivity index (χ2v) is 5.92. The van der Waals surface area contributed by atoms with Gasteiger partial charge in [0.2, 0.25) is 17.2 Å². The monoisotopic (exact) mass is 354 g/mol. The second-order valence-electron chi connectivity index (χ2n) is 5.58. The Balaban J connectivity index is 1.86. The molecule has 0 radical (unpaired) electrons. The van der Waals surface area contributed by atoms with Crippen LogP contribution in [0.25, 0.3) is 0 Å². The van der Waals surface area contributed by atoms with Gasteiger partial charge in [-0.3, -0.25) is 0 Å². The maximum atomic E-state index is 6.05. The summed E-state index contributed by atoms with van der Waals surface area (Å²) >= 11 is 6.05. The van der Waals surface area contributed by atoms with Gasteiger partial charge in [-0.05, 0) is 54.3 Å². The third kappa shape index (κ3) is 4.16.